The second-order valence-corrected chi connectivity index (χ2v) is 5.42. The number of carbonyl (C=O) groups excluding carboxylic acids is 1. The molecule has 0 radical (unpaired) electrons. The van der Waals surface area contributed by atoms with E-state index in [2.05, 4.69) is 41.8 Å². The van der Waals surface area contributed by atoms with E-state index in [1.807, 2.05) is 13.8 Å². The fourth-order valence-electron chi connectivity index (χ4n) is 1.63. The summed E-state index contributed by atoms with van der Waals surface area (Å²) in [5, 5.41) is 2.07. The Balaban J connectivity index is 2.11. The van der Waals surface area contributed by atoms with Crippen LogP contribution in [0.15, 0.2) is 41.8 Å². The molecule has 0 aliphatic rings. The summed E-state index contributed by atoms with van der Waals surface area (Å²) in [5.41, 5.74) is 2.32. The number of ketones is 1. The molecule has 2 rings (SSSR count). The van der Waals surface area contributed by atoms with Crippen LogP contribution in [0.3, 0.4) is 0 Å². The van der Waals surface area contributed by atoms with Crippen LogP contribution < -0.4 is 0 Å². The van der Waals surface area contributed by atoms with Gasteiger partial charge < -0.3 is 0 Å². The summed E-state index contributed by atoms with van der Waals surface area (Å²) in [6, 6.07) is 12.4. The lowest BCUT2D eigenvalue weighted by atomic mass is 10.00. The van der Waals surface area contributed by atoms with Gasteiger partial charge in [-0.3, -0.25) is 4.79 Å². The summed E-state index contributed by atoms with van der Waals surface area (Å²) in [7, 11) is 0. The third kappa shape index (κ3) is 3.04. The highest BCUT2D eigenvalue weighted by molar-refractivity contribution is 7.13. The number of benzene rings is 1. The minimum absolute atomic E-state index is 0.118. The molecule has 0 aliphatic carbocycles. The molecular weight excluding hydrogens is 228 g/mol. The molecular formula is C15H16OS. The molecule has 1 aromatic heterocycles. The van der Waals surface area contributed by atoms with Crippen LogP contribution >= 0.6 is 11.3 Å². The Morgan fingerprint density at radius 2 is 1.88 bits per heavy atom. The van der Waals surface area contributed by atoms with Crippen LogP contribution in [0.5, 0.6) is 0 Å². The molecule has 0 spiro atoms. The lowest BCUT2D eigenvalue weighted by Gasteiger charge is -2.05. The van der Waals surface area contributed by atoms with Crippen molar-refractivity contribution >= 4 is 17.1 Å². The van der Waals surface area contributed by atoms with Crippen LogP contribution in [0.2, 0.25) is 0 Å². The minimum Gasteiger partial charge on any atom is -0.299 e. The van der Waals surface area contributed by atoms with E-state index in [1.54, 1.807) is 11.3 Å². The van der Waals surface area contributed by atoms with Crippen LogP contribution in [0.4, 0.5) is 0 Å². The van der Waals surface area contributed by atoms with Gasteiger partial charge in [-0.25, -0.2) is 0 Å². The number of thiophene rings is 1. The maximum Gasteiger partial charge on any atom is 0.139 e. The van der Waals surface area contributed by atoms with Crippen LogP contribution in [0.25, 0.3) is 10.4 Å². The molecule has 1 heterocycles. The maximum atomic E-state index is 11.6. The highest BCUT2D eigenvalue weighted by Crippen LogP contribution is 2.24. The Kier molecular flexibility index (Phi) is 3.75. The first-order valence-corrected chi connectivity index (χ1v) is 6.70. The van der Waals surface area contributed by atoms with E-state index in [9.17, 15) is 4.79 Å². The first-order chi connectivity index (χ1) is 8.16. The predicted octanol–water partition coefficient (Wildman–Crippen LogP) is 4.18. The van der Waals surface area contributed by atoms with Crippen LogP contribution in [0, 0.1) is 5.92 Å². The lowest BCUT2D eigenvalue weighted by molar-refractivity contribution is -0.121. The predicted molar refractivity (Wildman–Crippen MR) is 73.3 cm³/mol. The van der Waals surface area contributed by atoms with Crippen molar-refractivity contribution in [2.45, 2.75) is 20.3 Å². The molecule has 0 saturated heterocycles. The molecule has 0 atom stereocenters. The van der Waals surface area contributed by atoms with E-state index >= 15 is 0 Å². The third-order valence-corrected chi connectivity index (χ3v) is 3.70. The van der Waals surface area contributed by atoms with Gasteiger partial charge in [-0.1, -0.05) is 44.2 Å². The lowest BCUT2D eigenvalue weighted by Crippen LogP contribution is -2.09. The van der Waals surface area contributed by atoms with Crippen molar-refractivity contribution < 1.29 is 4.79 Å². The molecule has 0 amide bonds. The van der Waals surface area contributed by atoms with Crippen molar-refractivity contribution in [3.8, 4) is 10.4 Å². The zero-order valence-electron chi connectivity index (χ0n) is 10.1. The van der Waals surface area contributed by atoms with E-state index in [-0.39, 0.29) is 5.92 Å². The second kappa shape index (κ2) is 5.28. The first kappa shape index (κ1) is 12.1. The Labute approximate surface area is 106 Å². The molecule has 1 aromatic carbocycles. The Hall–Kier alpha value is -1.41. The summed E-state index contributed by atoms with van der Waals surface area (Å²) in [4.78, 5) is 12.9. The van der Waals surface area contributed by atoms with Gasteiger partial charge in [-0.2, -0.15) is 0 Å². The number of carbonyl (C=O) groups is 1. The van der Waals surface area contributed by atoms with Crippen molar-refractivity contribution in [2.24, 2.45) is 5.92 Å². The molecule has 0 bridgehead atoms. The topological polar surface area (TPSA) is 17.1 Å². The molecule has 0 unspecified atom stereocenters. The highest BCUT2D eigenvalue weighted by Gasteiger charge is 2.08. The zero-order chi connectivity index (χ0) is 12.3. The van der Waals surface area contributed by atoms with E-state index < -0.39 is 0 Å². The molecule has 88 valence electrons. The van der Waals surface area contributed by atoms with Crippen molar-refractivity contribution in [3.63, 3.8) is 0 Å². The molecule has 2 aromatic rings. The van der Waals surface area contributed by atoms with Gasteiger partial charge in [0.2, 0.25) is 0 Å². The summed E-state index contributed by atoms with van der Waals surface area (Å²) < 4.78 is 0. The van der Waals surface area contributed by atoms with Crippen molar-refractivity contribution in [1.29, 1.82) is 0 Å². The molecule has 0 saturated carbocycles. The van der Waals surface area contributed by atoms with Crippen LogP contribution in [-0.2, 0) is 11.2 Å². The smallest absolute Gasteiger partial charge is 0.139 e. The third-order valence-electron chi connectivity index (χ3n) is 2.78. The molecule has 0 fully saturated rings. The Morgan fingerprint density at radius 1 is 1.18 bits per heavy atom. The number of Topliss-reactive ketones (excluding diaryl/α,β-unsaturated/α-hetero) is 1. The van der Waals surface area contributed by atoms with Crippen molar-refractivity contribution in [2.75, 3.05) is 0 Å². The Morgan fingerprint density at radius 3 is 2.41 bits per heavy atom. The number of hydrogen-bond donors (Lipinski definition) is 0. The Bertz CT molecular complexity index is 480. The largest absolute Gasteiger partial charge is 0.299 e. The summed E-state index contributed by atoms with van der Waals surface area (Å²) in [5.74, 6) is 0.417. The van der Waals surface area contributed by atoms with E-state index in [0.29, 0.717) is 12.2 Å². The highest BCUT2D eigenvalue weighted by atomic mass is 32.1. The van der Waals surface area contributed by atoms with Gasteiger partial charge in [-0.05, 0) is 22.6 Å². The van der Waals surface area contributed by atoms with Gasteiger partial charge in [-0.15, -0.1) is 11.3 Å². The van der Waals surface area contributed by atoms with Gasteiger partial charge in [0, 0.05) is 17.2 Å². The monoisotopic (exact) mass is 244 g/mol. The molecule has 0 N–H and O–H groups in total. The molecule has 17 heavy (non-hydrogen) atoms. The number of hydrogen-bond acceptors (Lipinski definition) is 2. The summed E-state index contributed by atoms with van der Waals surface area (Å²) in [6.07, 6.45) is 0.544. The first-order valence-electron chi connectivity index (χ1n) is 5.82. The SMILES string of the molecule is CC(C)C(=O)Cc1ccc(-c2cccs2)cc1. The van der Waals surface area contributed by atoms with E-state index in [1.165, 1.54) is 10.4 Å². The van der Waals surface area contributed by atoms with Crippen molar-refractivity contribution in [3.05, 3.63) is 47.3 Å². The fourth-order valence-corrected chi connectivity index (χ4v) is 2.37. The van der Waals surface area contributed by atoms with Crippen LogP contribution in [-0.4, -0.2) is 5.78 Å². The molecule has 0 aliphatic heterocycles. The maximum absolute atomic E-state index is 11.6. The number of rotatable bonds is 4. The van der Waals surface area contributed by atoms with Crippen molar-refractivity contribution in [1.82, 2.24) is 0 Å². The average molecular weight is 244 g/mol. The standard InChI is InChI=1S/C15H16OS/c1-11(2)14(16)10-12-5-7-13(8-6-12)15-4-3-9-17-15/h3-9,11H,10H2,1-2H3. The van der Waals surface area contributed by atoms with Gasteiger partial charge in [0.05, 0.1) is 0 Å². The van der Waals surface area contributed by atoms with Gasteiger partial charge in [0.15, 0.2) is 0 Å². The van der Waals surface area contributed by atoms with Gasteiger partial charge in [0.1, 0.15) is 5.78 Å². The minimum atomic E-state index is 0.118. The quantitative estimate of drug-likeness (QED) is 0.788. The van der Waals surface area contributed by atoms with E-state index in [4.69, 9.17) is 0 Å². The van der Waals surface area contributed by atoms with Gasteiger partial charge in [0.25, 0.3) is 0 Å². The molecule has 1 nitrogen and oxygen atoms in total. The van der Waals surface area contributed by atoms with Crippen LogP contribution in [0.1, 0.15) is 19.4 Å². The second-order valence-electron chi connectivity index (χ2n) is 4.47. The fraction of sp³-hybridized carbons (Fsp3) is 0.267. The summed E-state index contributed by atoms with van der Waals surface area (Å²) in [6.45, 7) is 3.89. The summed E-state index contributed by atoms with van der Waals surface area (Å²) >= 11 is 1.73. The molecule has 2 heteroatoms. The van der Waals surface area contributed by atoms with Gasteiger partial charge >= 0.3 is 0 Å². The normalized spacial score (nSPS) is 10.8. The zero-order valence-corrected chi connectivity index (χ0v) is 11.0. The average Bonchev–Trinajstić information content (AvgIpc) is 2.83. The van der Waals surface area contributed by atoms with E-state index in [0.717, 1.165) is 5.56 Å².